The predicted octanol–water partition coefficient (Wildman–Crippen LogP) is 4.56. The third-order valence-corrected chi connectivity index (χ3v) is 2.06. The second-order valence-corrected chi connectivity index (χ2v) is 5.63. The van der Waals surface area contributed by atoms with Gasteiger partial charge in [0, 0.05) is 0 Å². The Hall–Kier alpha value is -0.280. The van der Waals surface area contributed by atoms with Gasteiger partial charge in [-0.15, -0.1) is 0 Å². The Morgan fingerprint density at radius 1 is 1.43 bits per heavy atom. The molecule has 0 atom stereocenters. The minimum Gasteiger partial charge on any atom is -0.494 e. The summed E-state index contributed by atoms with van der Waals surface area (Å²) in [4.78, 5) is 0. The highest BCUT2D eigenvalue weighted by Gasteiger charge is 1.94. The summed E-state index contributed by atoms with van der Waals surface area (Å²) in [6, 6.07) is 7.99. The first-order valence-electron chi connectivity index (χ1n) is 4.48. The number of hydrogen-bond acceptors (Lipinski definition) is 1. The maximum Gasteiger partial charge on any atom is 0.119 e. The maximum atomic E-state index is 5.52. The molecule has 0 aromatic heterocycles. The fraction of sp³-hybridized carbons (Fsp3) is 0.273. The molecule has 0 radical (unpaired) electrons. The van der Waals surface area contributed by atoms with E-state index in [4.69, 9.17) is 4.74 Å². The Bertz CT molecular complexity index is 317. The number of hydrogen-bond donors (Lipinski definition) is 0. The average molecular weight is 320 g/mol. The molecule has 0 unspecified atom stereocenters. The topological polar surface area (TPSA) is 9.23 Å². The van der Waals surface area contributed by atoms with Crippen molar-refractivity contribution in [3.8, 4) is 5.75 Å². The molecule has 76 valence electrons. The van der Waals surface area contributed by atoms with Crippen LogP contribution in [0.3, 0.4) is 0 Å². The van der Waals surface area contributed by atoms with E-state index in [9.17, 15) is 0 Å². The van der Waals surface area contributed by atoms with Crippen molar-refractivity contribution in [1.82, 2.24) is 0 Å². The van der Waals surface area contributed by atoms with Gasteiger partial charge in [0.05, 0.1) is 10.00 Å². The largest absolute Gasteiger partial charge is 0.494 e. The average Bonchev–Trinajstić information content (AvgIpc) is 2.14. The molecule has 1 aromatic carbocycles. The number of benzene rings is 1. The fourth-order valence-corrected chi connectivity index (χ4v) is 1.57. The van der Waals surface area contributed by atoms with Gasteiger partial charge in [-0.3, -0.25) is 0 Å². The molecule has 0 bridgehead atoms. The van der Waals surface area contributed by atoms with Gasteiger partial charge in [0.25, 0.3) is 0 Å². The maximum absolute atomic E-state index is 5.52. The predicted molar refractivity (Wildman–Crippen MR) is 68.1 cm³/mol. The highest BCUT2D eigenvalue weighted by atomic mass is 79.9. The van der Waals surface area contributed by atoms with Crippen molar-refractivity contribution in [2.45, 2.75) is 13.3 Å². The lowest BCUT2D eigenvalue weighted by molar-refractivity contribution is 0.317. The van der Waals surface area contributed by atoms with E-state index in [0.29, 0.717) is 0 Å². The molecule has 1 aromatic rings. The first-order chi connectivity index (χ1) is 6.72. The quantitative estimate of drug-likeness (QED) is 0.790. The van der Waals surface area contributed by atoms with Crippen LogP contribution in [0.25, 0.3) is 6.08 Å². The lowest BCUT2D eigenvalue weighted by atomic mass is 10.2. The first kappa shape index (κ1) is 11.8. The molecule has 0 aliphatic rings. The van der Waals surface area contributed by atoms with Gasteiger partial charge in [-0.1, -0.05) is 19.1 Å². The van der Waals surface area contributed by atoms with Crippen LogP contribution in [-0.4, -0.2) is 6.61 Å². The SMILES string of the molecule is CCCOc1cccc(C=C(Br)Br)c1. The molecule has 3 heteroatoms. The summed E-state index contributed by atoms with van der Waals surface area (Å²) in [5.74, 6) is 0.918. The Labute approximate surface area is 101 Å². The summed E-state index contributed by atoms with van der Waals surface area (Å²) < 4.78 is 6.45. The van der Waals surface area contributed by atoms with Gasteiger partial charge in [-0.2, -0.15) is 0 Å². The molecule has 0 saturated carbocycles. The van der Waals surface area contributed by atoms with Gasteiger partial charge in [0.2, 0.25) is 0 Å². The smallest absolute Gasteiger partial charge is 0.119 e. The molecular formula is C11H12Br2O. The Morgan fingerprint density at radius 3 is 2.86 bits per heavy atom. The molecule has 1 nitrogen and oxygen atoms in total. The second kappa shape index (κ2) is 6.25. The van der Waals surface area contributed by atoms with Crippen molar-refractivity contribution in [3.63, 3.8) is 0 Å². The van der Waals surface area contributed by atoms with Crippen molar-refractivity contribution in [2.24, 2.45) is 0 Å². The van der Waals surface area contributed by atoms with Crippen LogP contribution < -0.4 is 4.74 Å². The fourth-order valence-electron chi connectivity index (χ4n) is 1.04. The van der Waals surface area contributed by atoms with Gasteiger partial charge < -0.3 is 4.74 Å². The van der Waals surface area contributed by atoms with E-state index in [1.807, 2.05) is 30.3 Å². The van der Waals surface area contributed by atoms with E-state index in [2.05, 4.69) is 38.8 Å². The monoisotopic (exact) mass is 318 g/mol. The first-order valence-corrected chi connectivity index (χ1v) is 6.06. The van der Waals surface area contributed by atoms with Gasteiger partial charge in [0.1, 0.15) is 5.75 Å². The summed E-state index contributed by atoms with van der Waals surface area (Å²) >= 11 is 6.65. The van der Waals surface area contributed by atoms with E-state index in [1.54, 1.807) is 0 Å². The molecule has 0 heterocycles. The highest BCUT2D eigenvalue weighted by Crippen LogP contribution is 2.21. The van der Waals surface area contributed by atoms with Crippen molar-refractivity contribution in [1.29, 1.82) is 0 Å². The van der Waals surface area contributed by atoms with Crippen molar-refractivity contribution < 1.29 is 4.74 Å². The molecule has 0 N–H and O–H groups in total. The normalized spacial score (nSPS) is 9.64. The summed E-state index contributed by atoms with van der Waals surface area (Å²) in [6.45, 7) is 2.86. The van der Waals surface area contributed by atoms with Crippen LogP contribution >= 0.6 is 31.9 Å². The van der Waals surface area contributed by atoms with Gasteiger partial charge >= 0.3 is 0 Å². The highest BCUT2D eigenvalue weighted by molar-refractivity contribution is 9.28. The van der Waals surface area contributed by atoms with Gasteiger partial charge in [-0.25, -0.2) is 0 Å². The van der Waals surface area contributed by atoms with Crippen LogP contribution in [-0.2, 0) is 0 Å². The Balaban J connectivity index is 2.74. The summed E-state index contributed by atoms with van der Waals surface area (Å²) in [5, 5.41) is 0. The standard InChI is InChI=1S/C11H12Br2O/c1-2-6-14-10-5-3-4-9(7-10)8-11(12)13/h3-5,7-8H,2,6H2,1H3. The molecule has 0 aliphatic carbocycles. The van der Waals surface area contributed by atoms with E-state index >= 15 is 0 Å². The lowest BCUT2D eigenvalue weighted by Gasteiger charge is -2.04. The van der Waals surface area contributed by atoms with Gasteiger partial charge in [-0.05, 0) is 62.1 Å². The van der Waals surface area contributed by atoms with Crippen LogP contribution in [0.1, 0.15) is 18.9 Å². The minimum absolute atomic E-state index is 0.767. The molecule has 1 rings (SSSR count). The van der Waals surface area contributed by atoms with Crippen LogP contribution in [0.15, 0.2) is 27.7 Å². The minimum atomic E-state index is 0.767. The third kappa shape index (κ3) is 4.29. The van der Waals surface area contributed by atoms with E-state index < -0.39 is 0 Å². The zero-order valence-electron chi connectivity index (χ0n) is 7.97. The van der Waals surface area contributed by atoms with Gasteiger partial charge in [0.15, 0.2) is 0 Å². The molecule has 0 aliphatic heterocycles. The summed E-state index contributed by atoms with van der Waals surface area (Å²) in [6.07, 6.45) is 3.01. The second-order valence-electron chi connectivity index (χ2n) is 2.85. The van der Waals surface area contributed by atoms with Crippen LogP contribution in [0.5, 0.6) is 5.75 Å². The number of rotatable bonds is 4. The summed E-state index contributed by atoms with van der Waals surface area (Å²) in [5.41, 5.74) is 1.11. The van der Waals surface area contributed by atoms with E-state index in [1.165, 1.54) is 0 Å². The molecule has 0 spiro atoms. The van der Waals surface area contributed by atoms with Crippen LogP contribution in [0.4, 0.5) is 0 Å². The van der Waals surface area contributed by atoms with E-state index in [0.717, 1.165) is 27.7 Å². The number of halogens is 2. The third-order valence-electron chi connectivity index (χ3n) is 1.61. The van der Waals surface area contributed by atoms with Crippen LogP contribution in [0.2, 0.25) is 0 Å². The molecule has 0 saturated heterocycles. The molecular weight excluding hydrogens is 308 g/mol. The lowest BCUT2D eigenvalue weighted by Crippen LogP contribution is -1.94. The molecule has 14 heavy (non-hydrogen) atoms. The molecule has 0 fully saturated rings. The summed E-state index contributed by atoms with van der Waals surface area (Å²) in [7, 11) is 0. The Morgan fingerprint density at radius 2 is 2.21 bits per heavy atom. The van der Waals surface area contributed by atoms with Crippen molar-refractivity contribution in [2.75, 3.05) is 6.61 Å². The van der Waals surface area contributed by atoms with Crippen LogP contribution in [0, 0.1) is 0 Å². The van der Waals surface area contributed by atoms with E-state index in [-0.39, 0.29) is 0 Å². The zero-order valence-corrected chi connectivity index (χ0v) is 11.1. The molecule has 0 amide bonds. The number of ether oxygens (including phenoxy) is 1. The van der Waals surface area contributed by atoms with Crippen molar-refractivity contribution in [3.05, 3.63) is 33.2 Å². The zero-order chi connectivity index (χ0) is 10.4. The van der Waals surface area contributed by atoms with Crippen molar-refractivity contribution >= 4 is 37.9 Å². The Kier molecular flexibility index (Phi) is 5.26.